The molecule has 0 fully saturated rings. The average molecular weight is 475 g/mol. The zero-order chi connectivity index (χ0) is 23.0. The van der Waals surface area contributed by atoms with Crippen molar-refractivity contribution in [2.45, 2.75) is 16.7 Å². The molecule has 0 radical (unpaired) electrons. The molecule has 9 nitrogen and oxygen atoms in total. The molecule has 0 bridgehead atoms. The number of nitrogens with one attached hydrogen (secondary N) is 2. The number of nitrogens with two attached hydrogens (primary N) is 1. The predicted octanol–water partition coefficient (Wildman–Crippen LogP) is 3.13. The van der Waals surface area contributed by atoms with Gasteiger partial charge in [-0.15, -0.1) is 11.8 Å². The first-order chi connectivity index (χ1) is 15.1. The standard InChI is InChI=1S/C20H19FN6O3S2/c1-11-3-4-13(8-17(11)32(22,29)30)25-20-23-9-14(21)19(26-20)24-12-5-6-16-15(7-12)27(2)18(28)10-31-16/h3-9H,10H2,1-2H3,(H2,22,29,30)(H2,23,24,25,26). The van der Waals surface area contributed by atoms with Crippen molar-refractivity contribution in [1.29, 1.82) is 0 Å². The van der Waals surface area contributed by atoms with Gasteiger partial charge in [-0.2, -0.15) is 4.98 Å². The number of aromatic nitrogens is 2. The third kappa shape index (κ3) is 4.52. The van der Waals surface area contributed by atoms with Crippen LogP contribution in [0.2, 0.25) is 0 Å². The SMILES string of the molecule is Cc1ccc(Nc2ncc(F)c(Nc3ccc4c(c3)N(C)C(=O)CS4)n2)cc1S(N)(=O)=O. The molecule has 166 valence electrons. The van der Waals surface area contributed by atoms with Gasteiger partial charge in [0.2, 0.25) is 21.9 Å². The highest BCUT2D eigenvalue weighted by Gasteiger charge is 2.22. The predicted molar refractivity (Wildman–Crippen MR) is 122 cm³/mol. The molecule has 1 aliphatic heterocycles. The average Bonchev–Trinajstić information content (AvgIpc) is 2.74. The van der Waals surface area contributed by atoms with E-state index in [4.69, 9.17) is 5.14 Å². The highest BCUT2D eigenvalue weighted by Crippen LogP contribution is 2.37. The Labute approximate surface area is 188 Å². The van der Waals surface area contributed by atoms with E-state index >= 15 is 0 Å². The number of fused-ring (bicyclic) bond motifs is 1. The summed E-state index contributed by atoms with van der Waals surface area (Å²) in [6.07, 6.45) is 0.996. The molecular formula is C20H19FN6O3S2. The van der Waals surface area contributed by atoms with Crippen molar-refractivity contribution in [3.8, 4) is 0 Å². The molecule has 1 aromatic heterocycles. The Morgan fingerprint density at radius 3 is 2.62 bits per heavy atom. The molecule has 12 heteroatoms. The maximum absolute atomic E-state index is 14.4. The van der Waals surface area contributed by atoms with E-state index in [9.17, 15) is 17.6 Å². The summed E-state index contributed by atoms with van der Waals surface area (Å²) >= 11 is 1.45. The minimum Gasteiger partial charge on any atom is -0.338 e. The summed E-state index contributed by atoms with van der Waals surface area (Å²) in [5.74, 6) is -0.354. The summed E-state index contributed by atoms with van der Waals surface area (Å²) in [5.41, 5.74) is 2.14. The fraction of sp³-hybridized carbons (Fsp3) is 0.150. The number of rotatable bonds is 5. The van der Waals surface area contributed by atoms with E-state index in [0.717, 1.165) is 16.8 Å². The number of hydrogen-bond acceptors (Lipinski definition) is 8. The summed E-state index contributed by atoms with van der Waals surface area (Å²) in [5, 5.41) is 11.0. The van der Waals surface area contributed by atoms with Gasteiger partial charge in [0.25, 0.3) is 0 Å². The number of thioether (sulfide) groups is 1. The van der Waals surface area contributed by atoms with Crippen LogP contribution in [0.3, 0.4) is 0 Å². The van der Waals surface area contributed by atoms with Crippen LogP contribution in [0.1, 0.15) is 5.56 Å². The van der Waals surface area contributed by atoms with Gasteiger partial charge in [-0.1, -0.05) is 6.07 Å². The first-order valence-corrected chi connectivity index (χ1v) is 11.9. The molecule has 2 aromatic carbocycles. The highest BCUT2D eigenvalue weighted by molar-refractivity contribution is 8.00. The minimum atomic E-state index is -3.90. The Morgan fingerprint density at radius 2 is 1.88 bits per heavy atom. The van der Waals surface area contributed by atoms with Crippen molar-refractivity contribution in [2.75, 3.05) is 28.3 Å². The number of benzene rings is 2. The first kappa shape index (κ1) is 22.0. The zero-order valence-electron chi connectivity index (χ0n) is 17.1. The molecular weight excluding hydrogens is 455 g/mol. The highest BCUT2D eigenvalue weighted by atomic mass is 32.2. The quantitative estimate of drug-likeness (QED) is 0.514. The fourth-order valence-corrected chi connectivity index (χ4v) is 4.90. The lowest BCUT2D eigenvalue weighted by Crippen LogP contribution is -2.31. The number of nitrogens with zero attached hydrogens (tertiary/aromatic N) is 3. The lowest BCUT2D eigenvalue weighted by Gasteiger charge is -2.25. The Kier molecular flexibility index (Phi) is 5.75. The molecule has 3 aromatic rings. The summed E-state index contributed by atoms with van der Waals surface area (Å²) in [4.78, 5) is 22.5. The number of carbonyl (C=O) groups is 1. The Balaban J connectivity index is 1.60. The number of aryl methyl sites for hydroxylation is 1. The maximum atomic E-state index is 14.4. The molecule has 32 heavy (non-hydrogen) atoms. The second kappa shape index (κ2) is 8.37. The van der Waals surface area contributed by atoms with E-state index in [1.54, 1.807) is 43.1 Å². The number of hydrogen-bond donors (Lipinski definition) is 3. The van der Waals surface area contributed by atoms with Gasteiger partial charge in [0.1, 0.15) is 0 Å². The van der Waals surface area contributed by atoms with Gasteiger partial charge in [0, 0.05) is 23.3 Å². The molecule has 0 saturated carbocycles. The third-order valence-electron chi connectivity index (χ3n) is 4.80. The Bertz CT molecular complexity index is 1330. The van der Waals surface area contributed by atoms with Crippen LogP contribution in [0.25, 0.3) is 0 Å². The van der Waals surface area contributed by atoms with E-state index in [0.29, 0.717) is 22.7 Å². The largest absolute Gasteiger partial charge is 0.338 e. The molecule has 1 amide bonds. The zero-order valence-corrected chi connectivity index (χ0v) is 18.7. The lowest BCUT2D eigenvalue weighted by atomic mass is 10.2. The lowest BCUT2D eigenvalue weighted by molar-refractivity contribution is -0.116. The summed E-state index contributed by atoms with van der Waals surface area (Å²) in [6, 6.07) is 9.95. The molecule has 1 aliphatic rings. The number of halogens is 1. The van der Waals surface area contributed by atoms with E-state index in [2.05, 4.69) is 20.6 Å². The third-order valence-corrected chi connectivity index (χ3v) is 6.90. The minimum absolute atomic E-state index is 0.0173. The van der Waals surface area contributed by atoms with Crippen molar-refractivity contribution in [1.82, 2.24) is 9.97 Å². The van der Waals surface area contributed by atoms with Crippen LogP contribution in [0.5, 0.6) is 0 Å². The van der Waals surface area contributed by atoms with Gasteiger partial charge in [-0.25, -0.2) is 22.9 Å². The number of sulfonamides is 1. The monoisotopic (exact) mass is 474 g/mol. The van der Waals surface area contributed by atoms with Crippen molar-refractivity contribution in [3.63, 3.8) is 0 Å². The molecule has 2 heterocycles. The van der Waals surface area contributed by atoms with Gasteiger partial charge >= 0.3 is 0 Å². The summed E-state index contributed by atoms with van der Waals surface area (Å²) in [6.45, 7) is 1.63. The molecule has 0 aliphatic carbocycles. The number of anilines is 5. The van der Waals surface area contributed by atoms with Crippen LogP contribution in [-0.4, -0.2) is 37.1 Å². The van der Waals surface area contributed by atoms with Crippen molar-refractivity contribution in [2.24, 2.45) is 5.14 Å². The summed E-state index contributed by atoms with van der Waals surface area (Å²) in [7, 11) is -2.21. The Hall–Kier alpha value is -3.22. The van der Waals surface area contributed by atoms with Crippen molar-refractivity contribution < 1.29 is 17.6 Å². The van der Waals surface area contributed by atoms with E-state index in [1.165, 1.54) is 17.8 Å². The normalized spacial score (nSPS) is 13.6. The van der Waals surface area contributed by atoms with Gasteiger partial charge in [0.05, 0.1) is 22.5 Å². The van der Waals surface area contributed by atoms with Crippen LogP contribution < -0.4 is 20.7 Å². The van der Waals surface area contributed by atoms with Crippen LogP contribution in [0.4, 0.5) is 33.2 Å². The topological polar surface area (TPSA) is 130 Å². The maximum Gasteiger partial charge on any atom is 0.238 e. The van der Waals surface area contributed by atoms with E-state index in [1.807, 2.05) is 6.07 Å². The van der Waals surface area contributed by atoms with Gasteiger partial charge in [-0.3, -0.25) is 4.79 Å². The molecule has 4 N–H and O–H groups in total. The molecule has 0 spiro atoms. The molecule has 0 atom stereocenters. The van der Waals surface area contributed by atoms with Crippen molar-refractivity contribution in [3.05, 3.63) is 54.0 Å². The van der Waals surface area contributed by atoms with Crippen molar-refractivity contribution >= 4 is 56.5 Å². The van der Waals surface area contributed by atoms with Gasteiger partial charge in [0.15, 0.2) is 11.6 Å². The first-order valence-electron chi connectivity index (χ1n) is 9.35. The van der Waals surface area contributed by atoms with Crippen LogP contribution in [0.15, 0.2) is 52.4 Å². The van der Waals surface area contributed by atoms with Crippen LogP contribution >= 0.6 is 11.8 Å². The van der Waals surface area contributed by atoms with Gasteiger partial charge in [-0.05, 0) is 42.8 Å². The van der Waals surface area contributed by atoms with E-state index in [-0.39, 0.29) is 22.6 Å². The molecule has 4 rings (SSSR count). The smallest absolute Gasteiger partial charge is 0.238 e. The number of carbonyl (C=O) groups excluding carboxylic acids is 1. The van der Waals surface area contributed by atoms with Crippen LogP contribution in [-0.2, 0) is 14.8 Å². The molecule has 0 saturated heterocycles. The van der Waals surface area contributed by atoms with Crippen LogP contribution in [0, 0.1) is 12.7 Å². The van der Waals surface area contributed by atoms with Gasteiger partial charge < -0.3 is 15.5 Å². The number of amides is 1. The second-order valence-corrected chi connectivity index (χ2v) is 9.64. The summed E-state index contributed by atoms with van der Waals surface area (Å²) < 4.78 is 37.8. The van der Waals surface area contributed by atoms with E-state index < -0.39 is 15.8 Å². The second-order valence-electron chi connectivity index (χ2n) is 7.09. The fourth-order valence-electron chi connectivity index (χ4n) is 3.12. The molecule has 0 unspecified atom stereocenters. The Morgan fingerprint density at radius 1 is 1.16 bits per heavy atom. The number of primary sulfonamides is 1.